The molecule has 2 amide bonds. The third-order valence-corrected chi connectivity index (χ3v) is 5.73. The molecule has 0 saturated carbocycles. The standard InChI is InChI=1S/C22H24N2O2/c25-21-15-18-11-13-23(22(26)17-7-3-1-4-8-17)16-19(18)12-14-24(21)20-9-5-2-6-10-20/h1-10,18-19H,11-16H2/t18-,19-/m0/s1. The number of hydrogen-bond donors (Lipinski definition) is 0. The SMILES string of the molecule is O=C(c1ccccc1)N1CC[C@H]2CC(=O)N(c3ccccc3)CC[C@H]2C1. The number of fused-ring (bicyclic) bond motifs is 1. The second-order valence-electron chi connectivity index (χ2n) is 7.30. The minimum atomic E-state index is 0.111. The minimum Gasteiger partial charge on any atom is -0.338 e. The predicted octanol–water partition coefficient (Wildman–Crippen LogP) is 3.59. The zero-order valence-electron chi connectivity index (χ0n) is 14.9. The van der Waals surface area contributed by atoms with Crippen molar-refractivity contribution in [3.05, 3.63) is 66.2 Å². The van der Waals surface area contributed by atoms with Crippen LogP contribution in [0.3, 0.4) is 0 Å². The van der Waals surface area contributed by atoms with E-state index in [2.05, 4.69) is 0 Å². The maximum atomic E-state index is 12.8. The van der Waals surface area contributed by atoms with Crippen molar-refractivity contribution in [3.63, 3.8) is 0 Å². The summed E-state index contributed by atoms with van der Waals surface area (Å²) in [5, 5.41) is 0. The molecule has 4 rings (SSSR count). The molecule has 0 unspecified atom stereocenters. The maximum absolute atomic E-state index is 12.8. The smallest absolute Gasteiger partial charge is 0.253 e. The normalized spacial score (nSPS) is 23.3. The summed E-state index contributed by atoms with van der Waals surface area (Å²) >= 11 is 0. The molecule has 2 aromatic rings. The van der Waals surface area contributed by atoms with E-state index < -0.39 is 0 Å². The number of anilines is 1. The van der Waals surface area contributed by atoms with Crippen LogP contribution in [0, 0.1) is 11.8 Å². The Hall–Kier alpha value is -2.62. The number of para-hydroxylation sites is 1. The lowest BCUT2D eigenvalue weighted by Gasteiger charge is -2.37. The first-order valence-electron chi connectivity index (χ1n) is 9.42. The van der Waals surface area contributed by atoms with Gasteiger partial charge in [-0.05, 0) is 48.9 Å². The molecule has 0 radical (unpaired) electrons. The lowest BCUT2D eigenvalue weighted by molar-refractivity contribution is -0.119. The second kappa shape index (κ2) is 7.32. The Morgan fingerprint density at radius 2 is 1.50 bits per heavy atom. The van der Waals surface area contributed by atoms with E-state index in [0.717, 1.165) is 43.7 Å². The van der Waals surface area contributed by atoms with Gasteiger partial charge in [0.05, 0.1) is 0 Å². The van der Waals surface area contributed by atoms with Crippen LogP contribution in [0.25, 0.3) is 0 Å². The van der Waals surface area contributed by atoms with Gasteiger partial charge in [0.15, 0.2) is 0 Å². The van der Waals surface area contributed by atoms with E-state index >= 15 is 0 Å². The highest BCUT2D eigenvalue weighted by atomic mass is 16.2. The van der Waals surface area contributed by atoms with Crippen molar-refractivity contribution in [2.45, 2.75) is 19.3 Å². The van der Waals surface area contributed by atoms with Gasteiger partial charge in [-0.25, -0.2) is 0 Å². The Morgan fingerprint density at radius 3 is 2.23 bits per heavy atom. The van der Waals surface area contributed by atoms with Gasteiger partial charge in [-0.1, -0.05) is 36.4 Å². The Bertz CT molecular complexity index is 775. The average molecular weight is 348 g/mol. The van der Waals surface area contributed by atoms with E-state index in [9.17, 15) is 9.59 Å². The molecule has 0 spiro atoms. The van der Waals surface area contributed by atoms with Gasteiger partial charge in [0.25, 0.3) is 5.91 Å². The summed E-state index contributed by atoms with van der Waals surface area (Å²) in [6.45, 7) is 2.24. The maximum Gasteiger partial charge on any atom is 0.253 e. The highest BCUT2D eigenvalue weighted by Gasteiger charge is 2.36. The molecule has 4 nitrogen and oxygen atoms in total. The van der Waals surface area contributed by atoms with E-state index in [4.69, 9.17) is 0 Å². The van der Waals surface area contributed by atoms with Crippen molar-refractivity contribution in [1.29, 1.82) is 0 Å². The van der Waals surface area contributed by atoms with Crippen molar-refractivity contribution in [2.75, 3.05) is 24.5 Å². The van der Waals surface area contributed by atoms with E-state index in [1.165, 1.54) is 0 Å². The summed E-state index contributed by atoms with van der Waals surface area (Å²) in [6, 6.07) is 19.4. The highest BCUT2D eigenvalue weighted by Crippen LogP contribution is 2.34. The fraction of sp³-hybridized carbons (Fsp3) is 0.364. The van der Waals surface area contributed by atoms with E-state index in [-0.39, 0.29) is 11.8 Å². The second-order valence-corrected chi connectivity index (χ2v) is 7.30. The summed E-state index contributed by atoms with van der Waals surface area (Å²) in [7, 11) is 0. The summed E-state index contributed by atoms with van der Waals surface area (Å²) in [5.41, 5.74) is 1.73. The van der Waals surface area contributed by atoms with Crippen molar-refractivity contribution in [2.24, 2.45) is 11.8 Å². The quantitative estimate of drug-likeness (QED) is 0.832. The van der Waals surface area contributed by atoms with E-state index in [1.54, 1.807) is 0 Å². The van der Waals surface area contributed by atoms with Gasteiger partial charge in [-0.15, -0.1) is 0 Å². The molecule has 2 aromatic carbocycles. The first-order chi connectivity index (χ1) is 12.7. The number of hydrogen-bond acceptors (Lipinski definition) is 2. The molecule has 2 atom stereocenters. The number of nitrogens with zero attached hydrogens (tertiary/aromatic N) is 2. The number of amides is 2. The third-order valence-electron chi connectivity index (χ3n) is 5.73. The van der Waals surface area contributed by atoms with Crippen molar-refractivity contribution < 1.29 is 9.59 Å². The Labute approximate surface area is 154 Å². The Balaban J connectivity index is 1.47. The van der Waals surface area contributed by atoms with Crippen LogP contribution in [0.5, 0.6) is 0 Å². The Kier molecular flexibility index (Phi) is 4.74. The van der Waals surface area contributed by atoms with Gasteiger partial charge in [0.1, 0.15) is 0 Å². The zero-order valence-corrected chi connectivity index (χ0v) is 14.9. The van der Waals surface area contributed by atoms with Crippen LogP contribution >= 0.6 is 0 Å². The summed E-state index contributed by atoms with van der Waals surface area (Å²) < 4.78 is 0. The van der Waals surface area contributed by atoms with Gasteiger partial charge in [0.2, 0.25) is 5.91 Å². The predicted molar refractivity (Wildman–Crippen MR) is 102 cm³/mol. The highest BCUT2D eigenvalue weighted by molar-refractivity contribution is 5.95. The largest absolute Gasteiger partial charge is 0.338 e. The van der Waals surface area contributed by atoms with Gasteiger partial charge >= 0.3 is 0 Å². The zero-order chi connectivity index (χ0) is 17.9. The fourth-order valence-corrected chi connectivity index (χ4v) is 4.26. The molecule has 2 aliphatic heterocycles. The number of piperidine rings is 1. The number of carbonyl (C=O) groups is 2. The van der Waals surface area contributed by atoms with Crippen molar-refractivity contribution in [1.82, 2.24) is 4.90 Å². The topological polar surface area (TPSA) is 40.6 Å². The molecule has 2 heterocycles. The van der Waals surface area contributed by atoms with E-state index in [0.29, 0.717) is 18.3 Å². The monoisotopic (exact) mass is 348 g/mol. The minimum absolute atomic E-state index is 0.111. The van der Waals surface area contributed by atoms with Gasteiger partial charge in [0, 0.05) is 37.3 Å². The fourth-order valence-electron chi connectivity index (χ4n) is 4.26. The van der Waals surface area contributed by atoms with Crippen LogP contribution in [-0.4, -0.2) is 36.3 Å². The first-order valence-corrected chi connectivity index (χ1v) is 9.42. The van der Waals surface area contributed by atoms with Gasteiger partial charge in [-0.2, -0.15) is 0 Å². The van der Waals surface area contributed by atoms with Crippen molar-refractivity contribution >= 4 is 17.5 Å². The number of benzene rings is 2. The molecule has 0 N–H and O–H groups in total. The van der Waals surface area contributed by atoms with Crippen LogP contribution in [0.15, 0.2) is 60.7 Å². The molecule has 4 heteroatoms. The molecule has 2 aliphatic rings. The summed E-state index contributed by atoms with van der Waals surface area (Å²) in [6.07, 6.45) is 2.45. The average Bonchev–Trinajstić information content (AvgIpc) is 2.86. The third kappa shape index (κ3) is 3.36. The van der Waals surface area contributed by atoms with Crippen LogP contribution in [0.4, 0.5) is 5.69 Å². The summed E-state index contributed by atoms with van der Waals surface area (Å²) in [5.74, 6) is 1.11. The Morgan fingerprint density at radius 1 is 0.846 bits per heavy atom. The molecule has 0 aromatic heterocycles. The molecular formula is C22H24N2O2. The lowest BCUT2D eigenvalue weighted by Crippen LogP contribution is -2.43. The number of rotatable bonds is 2. The summed E-state index contributed by atoms with van der Waals surface area (Å²) in [4.78, 5) is 29.4. The molecule has 26 heavy (non-hydrogen) atoms. The van der Waals surface area contributed by atoms with Crippen LogP contribution in [0.2, 0.25) is 0 Å². The molecule has 0 aliphatic carbocycles. The number of likely N-dealkylation sites (tertiary alicyclic amines) is 1. The molecule has 0 bridgehead atoms. The van der Waals surface area contributed by atoms with Crippen LogP contribution in [-0.2, 0) is 4.79 Å². The van der Waals surface area contributed by atoms with Gasteiger partial charge < -0.3 is 9.80 Å². The van der Waals surface area contributed by atoms with Gasteiger partial charge in [-0.3, -0.25) is 9.59 Å². The molecule has 134 valence electrons. The number of carbonyl (C=O) groups excluding carboxylic acids is 2. The first kappa shape index (κ1) is 16.8. The van der Waals surface area contributed by atoms with Crippen LogP contribution in [0.1, 0.15) is 29.6 Å². The van der Waals surface area contributed by atoms with Crippen molar-refractivity contribution in [3.8, 4) is 0 Å². The molecule has 2 fully saturated rings. The lowest BCUT2D eigenvalue weighted by atomic mass is 9.82. The molecular weight excluding hydrogens is 324 g/mol. The van der Waals surface area contributed by atoms with Crippen LogP contribution < -0.4 is 4.90 Å². The van der Waals surface area contributed by atoms with E-state index in [1.807, 2.05) is 70.5 Å². The molecule has 2 saturated heterocycles.